The largest absolute Gasteiger partial charge is 0.489 e. The minimum atomic E-state index is -3.54. The maximum Gasteiger partial charge on any atom is 0.242 e. The van der Waals surface area contributed by atoms with Crippen molar-refractivity contribution in [3.05, 3.63) is 60.4 Å². The lowest BCUT2D eigenvalue weighted by atomic mass is 10.3. The maximum absolute atomic E-state index is 13.4. The number of ether oxygens (including phenoxy) is 1. The van der Waals surface area contributed by atoms with Crippen molar-refractivity contribution in [1.82, 2.24) is 4.31 Å². The van der Waals surface area contributed by atoms with Gasteiger partial charge in [-0.05, 0) is 24.3 Å². The molecule has 0 fully saturated rings. The summed E-state index contributed by atoms with van der Waals surface area (Å²) in [7, 11) is -2.08. The molecule has 2 rings (SSSR count). The van der Waals surface area contributed by atoms with Gasteiger partial charge in [0.2, 0.25) is 10.0 Å². The lowest BCUT2D eigenvalue weighted by molar-refractivity contribution is 0.275. The third kappa shape index (κ3) is 3.80. The fourth-order valence-electron chi connectivity index (χ4n) is 1.74. The number of halogens is 1. The second-order valence-electron chi connectivity index (χ2n) is 4.42. The molecule has 112 valence electrons. The first-order valence-electron chi connectivity index (χ1n) is 6.40. The first-order valence-corrected chi connectivity index (χ1v) is 7.84. The Kier molecular flexibility index (Phi) is 4.93. The molecule has 0 N–H and O–H groups in total. The third-order valence-corrected chi connectivity index (χ3v) is 4.82. The van der Waals surface area contributed by atoms with Crippen LogP contribution in [0.2, 0.25) is 0 Å². The van der Waals surface area contributed by atoms with E-state index in [1.54, 1.807) is 30.3 Å². The highest BCUT2D eigenvalue weighted by atomic mass is 32.2. The summed E-state index contributed by atoms with van der Waals surface area (Å²) in [4.78, 5) is 0.221. The molecule has 0 aliphatic heterocycles. The van der Waals surface area contributed by atoms with Crippen molar-refractivity contribution in [2.75, 3.05) is 20.2 Å². The first kappa shape index (κ1) is 15.5. The van der Waals surface area contributed by atoms with Crippen LogP contribution in [0.5, 0.6) is 5.75 Å². The molecule has 0 aliphatic rings. The molecule has 2 aromatic rings. The fourth-order valence-corrected chi connectivity index (χ4v) is 2.91. The van der Waals surface area contributed by atoms with Crippen molar-refractivity contribution in [2.24, 2.45) is 0 Å². The van der Waals surface area contributed by atoms with E-state index in [1.807, 2.05) is 0 Å². The van der Waals surface area contributed by atoms with E-state index in [2.05, 4.69) is 0 Å². The van der Waals surface area contributed by atoms with Gasteiger partial charge in [-0.15, -0.1) is 0 Å². The lowest BCUT2D eigenvalue weighted by Crippen LogP contribution is -2.31. The molecule has 0 saturated heterocycles. The van der Waals surface area contributed by atoms with E-state index >= 15 is 0 Å². The van der Waals surface area contributed by atoms with Crippen molar-refractivity contribution in [3.8, 4) is 5.75 Å². The molecule has 2 aromatic carbocycles. The van der Waals surface area contributed by atoms with Gasteiger partial charge in [0.15, 0.2) is 11.6 Å². The number of benzene rings is 2. The van der Waals surface area contributed by atoms with Crippen LogP contribution < -0.4 is 4.74 Å². The lowest BCUT2D eigenvalue weighted by Gasteiger charge is -2.17. The molecule has 0 unspecified atom stereocenters. The van der Waals surface area contributed by atoms with E-state index in [1.165, 1.54) is 35.6 Å². The van der Waals surface area contributed by atoms with Gasteiger partial charge in [0, 0.05) is 13.6 Å². The van der Waals surface area contributed by atoms with Gasteiger partial charge in [0.25, 0.3) is 0 Å². The smallest absolute Gasteiger partial charge is 0.242 e. The topological polar surface area (TPSA) is 46.6 Å². The number of likely N-dealkylation sites (N-methyl/N-ethyl adjacent to an activating group) is 1. The number of nitrogens with zero attached hydrogens (tertiary/aromatic N) is 1. The predicted molar refractivity (Wildman–Crippen MR) is 78.2 cm³/mol. The van der Waals surface area contributed by atoms with Gasteiger partial charge in [-0.2, -0.15) is 4.31 Å². The zero-order valence-corrected chi connectivity index (χ0v) is 12.4. The Labute approximate surface area is 123 Å². The van der Waals surface area contributed by atoms with Crippen molar-refractivity contribution >= 4 is 10.0 Å². The van der Waals surface area contributed by atoms with Crippen LogP contribution in [-0.2, 0) is 10.0 Å². The summed E-state index contributed by atoms with van der Waals surface area (Å²) in [5.74, 6) is -0.353. The van der Waals surface area contributed by atoms with Crippen molar-refractivity contribution in [2.45, 2.75) is 4.90 Å². The molecule has 0 atom stereocenters. The molecule has 0 bridgehead atoms. The molecule has 6 heteroatoms. The summed E-state index contributed by atoms with van der Waals surface area (Å²) in [6.07, 6.45) is 0. The second-order valence-corrected chi connectivity index (χ2v) is 6.46. The Balaban J connectivity index is 1.96. The first-order chi connectivity index (χ1) is 10.0. The van der Waals surface area contributed by atoms with E-state index in [4.69, 9.17) is 4.74 Å². The van der Waals surface area contributed by atoms with Crippen LogP contribution in [0.25, 0.3) is 0 Å². The van der Waals surface area contributed by atoms with Gasteiger partial charge in [-0.3, -0.25) is 0 Å². The Morgan fingerprint density at radius 2 is 1.67 bits per heavy atom. The number of hydrogen-bond acceptors (Lipinski definition) is 3. The van der Waals surface area contributed by atoms with Gasteiger partial charge in [-0.25, -0.2) is 12.8 Å². The minimum Gasteiger partial charge on any atom is -0.489 e. The second kappa shape index (κ2) is 6.69. The monoisotopic (exact) mass is 309 g/mol. The quantitative estimate of drug-likeness (QED) is 0.824. The number of hydrogen-bond donors (Lipinski definition) is 0. The van der Waals surface area contributed by atoms with E-state index in [0.29, 0.717) is 0 Å². The fraction of sp³-hybridized carbons (Fsp3) is 0.200. The summed E-state index contributed by atoms with van der Waals surface area (Å²) in [5, 5.41) is 0. The molecule has 0 heterocycles. The molecule has 0 radical (unpaired) electrons. The van der Waals surface area contributed by atoms with E-state index in [9.17, 15) is 12.8 Å². The van der Waals surface area contributed by atoms with Crippen LogP contribution in [0, 0.1) is 5.82 Å². The summed E-state index contributed by atoms with van der Waals surface area (Å²) < 4.78 is 44.3. The Morgan fingerprint density at radius 1 is 1.05 bits per heavy atom. The molecule has 0 saturated carbocycles. The SMILES string of the molecule is CN(CCOc1ccccc1F)S(=O)(=O)c1ccccc1. The van der Waals surface area contributed by atoms with Crippen LogP contribution in [0.1, 0.15) is 0 Å². The molecule has 0 amide bonds. The Hall–Kier alpha value is -1.92. The van der Waals surface area contributed by atoms with Gasteiger partial charge in [-0.1, -0.05) is 30.3 Å². The highest BCUT2D eigenvalue weighted by molar-refractivity contribution is 7.89. The highest BCUT2D eigenvalue weighted by Gasteiger charge is 2.20. The minimum absolute atomic E-state index is 0.0729. The standard InChI is InChI=1S/C15H16FNO3S/c1-17(21(18,19)13-7-3-2-4-8-13)11-12-20-15-10-6-5-9-14(15)16/h2-10H,11-12H2,1H3. The average Bonchev–Trinajstić information content (AvgIpc) is 2.50. The molecule has 21 heavy (non-hydrogen) atoms. The average molecular weight is 309 g/mol. The molecule has 0 spiro atoms. The Bertz CT molecular complexity index is 689. The highest BCUT2D eigenvalue weighted by Crippen LogP contribution is 2.16. The molecule has 0 aliphatic carbocycles. The van der Waals surface area contributed by atoms with Crippen LogP contribution in [0.3, 0.4) is 0 Å². The van der Waals surface area contributed by atoms with Gasteiger partial charge < -0.3 is 4.74 Å². The Morgan fingerprint density at radius 3 is 2.33 bits per heavy atom. The summed E-state index contributed by atoms with van der Waals surface area (Å²) in [5.41, 5.74) is 0. The zero-order valence-electron chi connectivity index (χ0n) is 11.6. The summed E-state index contributed by atoms with van der Waals surface area (Å²) in [6.45, 7) is 0.203. The number of para-hydroxylation sites is 1. The van der Waals surface area contributed by atoms with E-state index in [-0.39, 0.29) is 23.8 Å². The third-order valence-electron chi connectivity index (χ3n) is 2.95. The van der Waals surface area contributed by atoms with Crippen molar-refractivity contribution in [3.63, 3.8) is 0 Å². The number of rotatable bonds is 6. The summed E-state index contributed by atoms with van der Waals surface area (Å²) >= 11 is 0. The molecular formula is C15H16FNO3S. The van der Waals surface area contributed by atoms with Gasteiger partial charge in [0.1, 0.15) is 6.61 Å². The molecule has 0 aromatic heterocycles. The van der Waals surface area contributed by atoms with Gasteiger partial charge >= 0.3 is 0 Å². The van der Waals surface area contributed by atoms with Crippen LogP contribution in [0.4, 0.5) is 4.39 Å². The molecular weight excluding hydrogens is 293 g/mol. The van der Waals surface area contributed by atoms with Crippen LogP contribution in [0.15, 0.2) is 59.5 Å². The predicted octanol–water partition coefficient (Wildman–Crippen LogP) is 2.53. The molecule has 4 nitrogen and oxygen atoms in total. The maximum atomic E-state index is 13.4. The summed E-state index contributed by atoms with van der Waals surface area (Å²) in [6, 6.07) is 14.2. The van der Waals surface area contributed by atoms with Crippen molar-refractivity contribution < 1.29 is 17.5 Å². The van der Waals surface area contributed by atoms with E-state index < -0.39 is 15.8 Å². The van der Waals surface area contributed by atoms with Crippen LogP contribution in [-0.4, -0.2) is 32.9 Å². The van der Waals surface area contributed by atoms with Crippen molar-refractivity contribution in [1.29, 1.82) is 0 Å². The zero-order chi connectivity index (χ0) is 15.3. The number of sulfonamides is 1. The van der Waals surface area contributed by atoms with E-state index in [0.717, 1.165) is 0 Å². The van der Waals surface area contributed by atoms with Gasteiger partial charge in [0.05, 0.1) is 4.90 Å². The normalized spacial score (nSPS) is 11.6. The van der Waals surface area contributed by atoms with Crippen LogP contribution >= 0.6 is 0 Å².